The van der Waals surface area contributed by atoms with Crippen molar-refractivity contribution in [1.29, 1.82) is 0 Å². The first kappa shape index (κ1) is 17.8. The van der Waals surface area contributed by atoms with Gasteiger partial charge in [-0.3, -0.25) is 0 Å². The first-order chi connectivity index (χ1) is 10.3. The molecular formula is C18H31NO2. The summed E-state index contributed by atoms with van der Waals surface area (Å²) in [7, 11) is 1.61. The van der Waals surface area contributed by atoms with Gasteiger partial charge in [0.1, 0.15) is 11.5 Å². The molecule has 1 aromatic carbocycles. The monoisotopic (exact) mass is 293 g/mol. The predicted molar refractivity (Wildman–Crippen MR) is 89.0 cm³/mol. The fourth-order valence-corrected chi connectivity index (χ4v) is 2.43. The van der Waals surface area contributed by atoms with E-state index < -0.39 is 0 Å². The van der Waals surface area contributed by atoms with Gasteiger partial charge in [0.15, 0.2) is 0 Å². The number of phenolic OH excluding ortho intramolecular Hbond substituents is 1. The number of methoxy groups -OCH3 is 1. The zero-order valence-corrected chi connectivity index (χ0v) is 13.7. The summed E-state index contributed by atoms with van der Waals surface area (Å²) in [5, 5.41) is 13.2. The van der Waals surface area contributed by atoms with Gasteiger partial charge in [-0.1, -0.05) is 57.9 Å². The van der Waals surface area contributed by atoms with Gasteiger partial charge in [-0.2, -0.15) is 0 Å². The number of rotatable bonds is 12. The Kier molecular flexibility index (Phi) is 9.71. The highest BCUT2D eigenvalue weighted by Crippen LogP contribution is 2.23. The molecular weight excluding hydrogens is 262 g/mol. The van der Waals surface area contributed by atoms with Crippen LogP contribution in [0.5, 0.6) is 11.5 Å². The zero-order chi connectivity index (χ0) is 15.3. The van der Waals surface area contributed by atoms with E-state index in [0.717, 1.165) is 12.1 Å². The topological polar surface area (TPSA) is 41.5 Å². The number of ether oxygens (including phenoxy) is 1. The maximum absolute atomic E-state index is 9.85. The van der Waals surface area contributed by atoms with E-state index in [1.165, 1.54) is 51.4 Å². The average molecular weight is 293 g/mol. The van der Waals surface area contributed by atoms with E-state index in [0.29, 0.717) is 18.0 Å². The van der Waals surface area contributed by atoms with Gasteiger partial charge < -0.3 is 15.2 Å². The third kappa shape index (κ3) is 7.96. The average Bonchev–Trinajstić information content (AvgIpc) is 2.50. The lowest BCUT2D eigenvalue weighted by atomic mass is 10.1. The standard InChI is InChI=1S/C18H31NO2/c1-3-4-5-6-7-8-9-10-13-19-15-16-11-12-17(21-2)14-18(16)20/h11-12,14,19-20H,3-10,13,15H2,1-2H3. The van der Waals surface area contributed by atoms with Crippen LogP contribution in [0.25, 0.3) is 0 Å². The van der Waals surface area contributed by atoms with Crippen molar-refractivity contribution in [3.8, 4) is 11.5 Å². The van der Waals surface area contributed by atoms with E-state index in [9.17, 15) is 5.11 Å². The van der Waals surface area contributed by atoms with Crippen LogP contribution in [-0.4, -0.2) is 18.8 Å². The lowest BCUT2D eigenvalue weighted by molar-refractivity contribution is 0.406. The third-order valence-electron chi connectivity index (χ3n) is 3.82. The summed E-state index contributed by atoms with van der Waals surface area (Å²) in [6, 6.07) is 5.45. The predicted octanol–water partition coefficient (Wildman–Crippen LogP) is 4.63. The number of benzene rings is 1. The van der Waals surface area contributed by atoms with Gasteiger partial charge >= 0.3 is 0 Å². The first-order valence-corrected chi connectivity index (χ1v) is 8.34. The molecule has 0 aliphatic rings. The highest BCUT2D eigenvalue weighted by molar-refractivity contribution is 5.39. The summed E-state index contributed by atoms with van der Waals surface area (Å²) in [6.45, 7) is 3.99. The molecule has 1 aromatic rings. The highest BCUT2D eigenvalue weighted by atomic mass is 16.5. The Morgan fingerprint density at radius 2 is 1.67 bits per heavy atom. The Balaban J connectivity index is 2.01. The quantitative estimate of drug-likeness (QED) is 0.552. The molecule has 21 heavy (non-hydrogen) atoms. The largest absolute Gasteiger partial charge is 0.507 e. The van der Waals surface area contributed by atoms with Crippen LogP contribution in [0.1, 0.15) is 63.9 Å². The van der Waals surface area contributed by atoms with E-state index in [1.807, 2.05) is 12.1 Å². The van der Waals surface area contributed by atoms with Crippen molar-refractivity contribution in [2.24, 2.45) is 0 Å². The summed E-state index contributed by atoms with van der Waals surface area (Å²) in [5.41, 5.74) is 0.926. The van der Waals surface area contributed by atoms with Crippen LogP contribution < -0.4 is 10.1 Å². The second-order valence-corrected chi connectivity index (χ2v) is 5.65. The second-order valence-electron chi connectivity index (χ2n) is 5.65. The van der Waals surface area contributed by atoms with E-state index in [4.69, 9.17) is 4.74 Å². The van der Waals surface area contributed by atoms with Gasteiger partial charge in [0.25, 0.3) is 0 Å². The molecule has 1 rings (SSSR count). The Labute approximate surface area is 129 Å². The van der Waals surface area contributed by atoms with Crippen molar-refractivity contribution in [2.45, 2.75) is 64.8 Å². The molecule has 120 valence electrons. The summed E-state index contributed by atoms with van der Waals surface area (Å²) in [6.07, 6.45) is 10.7. The van der Waals surface area contributed by atoms with Crippen molar-refractivity contribution < 1.29 is 9.84 Å². The molecule has 0 atom stereocenters. The van der Waals surface area contributed by atoms with Crippen molar-refractivity contribution in [2.75, 3.05) is 13.7 Å². The molecule has 0 saturated heterocycles. The maximum atomic E-state index is 9.85. The summed E-state index contributed by atoms with van der Waals surface area (Å²) in [4.78, 5) is 0. The number of nitrogens with one attached hydrogen (secondary N) is 1. The van der Waals surface area contributed by atoms with Gasteiger partial charge in [-0.15, -0.1) is 0 Å². The fraction of sp³-hybridized carbons (Fsp3) is 0.667. The van der Waals surface area contributed by atoms with Gasteiger partial charge in [0.05, 0.1) is 7.11 Å². The lowest BCUT2D eigenvalue weighted by Crippen LogP contribution is -2.14. The molecule has 0 bridgehead atoms. The molecule has 0 unspecified atom stereocenters. The van der Waals surface area contributed by atoms with Crippen LogP contribution >= 0.6 is 0 Å². The molecule has 0 heterocycles. The van der Waals surface area contributed by atoms with Crippen LogP contribution in [-0.2, 0) is 6.54 Å². The molecule has 0 aromatic heterocycles. The minimum atomic E-state index is 0.303. The zero-order valence-electron chi connectivity index (χ0n) is 13.7. The van der Waals surface area contributed by atoms with Crippen molar-refractivity contribution in [3.63, 3.8) is 0 Å². The number of aromatic hydroxyl groups is 1. The molecule has 3 nitrogen and oxygen atoms in total. The molecule has 2 N–H and O–H groups in total. The van der Waals surface area contributed by atoms with Crippen molar-refractivity contribution >= 4 is 0 Å². The summed E-state index contributed by atoms with van der Waals surface area (Å²) >= 11 is 0. The Hall–Kier alpha value is -1.22. The Morgan fingerprint density at radius 3 is 2.29 bits per heavy atom. The molecule has 0 amide bonds. The molecule has 0 spiro atoms. The number of hydrogen-bond donors (Lipinski definition) is 2. The van der Waals surface area contributed by atoms with E-state index in [1.54, 1.807) is 13.2 Å². The fourth-order valence-electron chi connectivity index (χ4n) is 2.43. The highest BCUT2D eigenvalue weighted by Gasteiger charge is 2.02. The molecule has 0 radical (unpaired) electrons. The molecule has 3 heteroatoms. The van der Waals surface area contributed by atoms with Crippen LogP contribution in [0.2, 0.25) is 0 Å². The number of hydrogen-bond acceptors (Lipinski definition) is 3. The lowest BCUT2D eigenvalue weighted by Gasteiger charge is -2.08. The second kappa shape index (κ2) is 11.4. The Bertz CT molecular complexity index is 379. The van der Waals surface area contributed by atoms with Crippen LogP contribution in [0.15, 0.2) is 18.2 Å². The van der Waals surface area contributed by atoms with Gasteiger partial charge in [0.2, 0.25) is 0 Å². The Morgan fingerprint density at radius 1 is 1.00 bits per heavy atom. The third-order valence-corrected chi connectivity index (χ3v) is 3.82. The van der Waals surface area contributed by atoms with E-state index in [-0.39, 0.29) is 0 Å². The maximum Gasteiger partial charge on any atom is 0.123 e. The molecule has 0 fully saturated rings. The number of phenols is 1. The van der Waals surface area contributed by atoms with Crippen molar-refractivity contribution in [1.82, 2.24) is 5.32 Å². The van der Waals surface area contributed by atoms with Gasteiger partial charge in [-0.25, -0.2) is 0 Å². The van der Waals surface area contributed by atoms with E-state index in [2.05, 4.69) is 12.2 Å². The first-order valence-electron chi connectivity index (χ1n) is 8.34. The van der Waals surface area contributed by atoms with Gasteiger partial charge in [0, 0.05) is 18.2 Å². The molecule has 0 aliphatic heterocycles. The SMILES string of the molecule is CCCCCCCCCCNCc1ccc(OC)cc1O. The van der Waals surface area contributed by atoms with E-state index >= 15 is 0 Å². The minimum Gasteiger partial charge on any atom is -0.507 e. The van der Waals surface area contributed by atoms with Crippen LogP contribution in [0.3, 0.4) is 0 Å². The summed E-state index contributed by atoms with van der Waals surface area (Å²) < 4.78 is 5.07. The van der Waals surface area contributed by atoms with Crippen molar-refractivity contribution in [3.05, 3.63) is 23.8 Å². The van der Waals surface area contributed by atoms with Crippen LogP contribution in [0, 0.1) is 0 Å². The normalized spacial score (nSPS) is 10.8. The number of unbranched alkanes of at least 4 members (excludes halogenated alkanes) is 7. The minimum absolute atomic E-state index is 0.303. The van der Waals surface area contributed by atoms with Crippen LogP contribution in [0.4, 0.5) is 0 Å². The van der Waals surface area contributed by atoms with Gasteiger partial charge in [-0.05, 0) is 19.0 Å². The molecule has 0 aliphatic carbocycles. The molecule has 0 saturated carbocycles. The smallest absolute Gasteiger partial charge is 0.123 e. The summed E-state index contributed by atoms with van der Waals surface area (Å²) in [5.74, 6) is 0.997.